The lowest BCUT2D eigenvalue weighted by molar-refractivity contribution is 0.0498. The van der Waals surface area contributed by atoms with Gasteiger partial charge in [-0.2, -0.15) is 0 Å². The highest BCUT2D eigenvalue weighted by Crippen LogP contribution is 2.44. The fourth-order valence-electron chi connectivity index (χ4n) is 3.55. The van der Waals surface area contributed by atoms with Gasteiger partial charge in [0.05, 0.1) is 16.1 Å². The number of alkyl carbamates (subject to hydrolysis) is 1. The van der Waals surface area contributed by atoms with Crippen molar-refractivity contribution in [2.24, 2.45) is 0 Å². The van der Waals surface area contributed by atoms with Gasteiger partial charge in [0.15, 0.2) is 0 Å². The van der Waals surface area contributed by atoms with Crippen LogP contribution in [0.4, 0.5) is 10.5 Å². The average Bonchev–Trinajstić information content (AvgIpc) is 2.57. The van der Waals surface area contributed by atoms with Gasteiger partial charge in [0.25, 0.3) is 0 Å². The molecule has 1 unspecified atom stereocenters. The minimum absolute atomic E-state index is 0.150. The normalized spacial score (nSPS) is 19.1. The number of hydrogen-bond donors (Lipinski definition) is 2. The summed E-state index contributed by atoms with van der Waals surface area (Å²) in [5.74, 6) is 0.163. The molecule has 1 amide bonds. The van der Waals surface area contributed by atoms with E-state index in [0.29, 0.717) is 15.7 Å². The maximum Gasteiger partial charge on any atom is 0.408 e. The Bertz CT molecular complexity index is 912. The Labute approximate surface area is 189 Å². The number of anilines is 1. The molecule has 28 heavy (non-hydrogen) atoms. The monoisotopic (exact) mass is 532 g/mol. The molecule has 3 rings (SSSR count). The number of benzene rings is 2. The fourth-order valence-corrected chi connectivity index (χ4v) is 4.34. The van der Waals surface area contributed by atoms with Crippen LogP contribution >= 0.6 is 45.8 Å². The second-order valence-electron chi connectivity index (χ2n) is 8.00. The summed E-state index contributed by atoms with van der Waals surface area (Å²) in [6, 6.07) is 9.66. The Balaban J connectivity index is 1.96. The first-order valence-corrected chi connectivity index (χ1v) is 10.9. The second-order valence-corrected chi connectivity index (χ2v) is 9.98. The third-order valence-corrected chi connectivity index (χ3v) is 6.41. The van der Waals surface area contributed by atoms with Gasteiger partial charge in [-0.1, -0.05) is 29.3 Å². The van der Waals surface area contributed by atoms with Gasteiger partial charge in [0.1, 0.15) is 5.60 Å². The van der Waals surface area contributed by atoms with Crippen LogP contribution in [0.1, 0.15) is 62.3 Å². The molecule has 0 aliphatic heterocycles. The van der Waals surface area contributed by atoms with Crippen molar-refractivity contribution in [3.05, 3.63) is 60.6 Å². The molecular weight excluding hydrogens is 510 g/mol. The van der Waals surface area contributed by atoms with Crippen molar-refractivity contribution in [2.45, 2.75) is 51.2 Å². The molecular formula is C21H23Cl2IN2O2. The van der Waals surface area contributed by atoms with E-state index >= 15 is 0 Å². The number of hydrogen-bond acceptors (Lipinski definition) is 3. The van der Waals surface area contributed by atoms with E-state index in [4.69, 9.17) is 33.7 Å². The summed E-state index contributed by atoms with van der Waals surface area (Å²) in [5, 5.41) is 4.09. The Morgan fingerprint density at radius 1 is 1.14 bits per heavy atom. The molecule has 2 atom stereocenters. The molecule has 150 valence electrons. The number of nitrogen functional groups attached to an aromatic ring is 1. The molecule has 0 fully saturated rings. The van der Waals surface area contributed by atoms with E-state index in [1.54, 1.807) is 0 Å². The predicted molar refractivity (Wildman–Crippen MR) is 123 cm³/mol. The van der Waals surface area contributed by atoms with Crippen LogP contribution in [0.3, 0.4) is 0 Å². The van der Waals surface area contributed by atoms with Crippen molar-refractivity contribution in [3.8, 4) is 0 Å². The third-order valence-electron chi connectivity index (χ3n) is 4.73. The molecule has 1 aliphatic rings. The maximum atomic E-state index is 12.3. The van der Waals surface area contributed by atoms with E-state index in [1.165, 1.54) is 0 Å². The Morgan fingerprint density at radius 2 is 1.86 bits per heavy atom. The quantitative estimate of drug-likeness (QED) is 0.335. The van der Waals surface area contributed by atoms with E-state index in [0.717, 1.165) is 33.1 Å². The van der Waals surface area contributed by atoms with E-state index in [1.807, 2.05) is 45.0 Å². The zero-order valence-corrected chi connectivity index (χ0v) is 19.7. The topological polar surface area (TPSA) is 64.3 Å². The number of rotatable bonds is 2. The molecule has 3 N–H and O–H groups in total. The van der Waals surface area contributed by atoms with Crippen molar-refractivity contribution >= 4 is 57.6 Å². The van der Waals surface area contributed by atoms with Crippen LogP contribution in [0.5, 0.6) is 0 Å². The first-order chi connectivity index (χ1) is 13.0. The number of ether oxygens (including phenoxy) is 1. The highest BCUT2D eigenvalue weighted by atomic mass is 127. The summed E-state index contributed by atoms with van der Waals surface area (Å²) in [5.41, 5.74) is 9.60. The summed E-state index contributed by atoms with van der Waals surface area (Å²) in [7, 11) is 0. The summed E-state index contributed by atoms with van der Waals surface area (Å²) >= 11 is 14.6. The standard InChI is InChI=1S/C21H23Cl2IN2O2/c1-21(2,3)28-20(27)26-19-7-5-12(11-4-6-15(22)16(23)8-11)13-9-17(24)18(25)10-14(13)19/h4,6,8-10,12,19H,5,7,25H2,1-3H3,(H,26,27)/t12-,19?/m0/s1. The van der Waals surface area contributed by atoms with Crippen LogP contribution < -0.4 is 11.1 Å². The van der Waals surface area contributed by atoms with Crippen LogP contribution in [0.25, 0.3) is 0 Å². The zero-order valence-electron chi connectivity index (χ0n) is 16.0. The summed E-state index contributed by atoms with van der Waals surface area (Å²) < 4.78 is 6.42. The SMILES string of the molecule is CC(C)(C)OC(=O)NC1CC[C@@H](c2ccc(Cl)c(Cl)c2)c2cc(I)c(N)cc21. The largest absolute Gasteiger partial charge is 0.444 e. The van der Waals surface area contributed by atoms with Crippen LogP contribution in [0.2, 0.25) is 10.0 Å². The van der Waals surface area contributed by atoms with E-state index in [-0.39, 0.29) is 12.0 Å². The van der Waals surface area contributed by atoms with E-state index in [9.17, 15) is 4.79 Å². The number of carbonyl (C=O) groups is 1. The van der Waals surface area contributed by atoms with E-state index < -0.39 is 11.7 Å². The van der Waals surface area contributed by atoms with Gasteiger partial charge in [-0.25, -0.2) is 4.79 Å². The first kappa shape index (κ1) is 21.5. The van der Waals surface area contributed by atoms with Crippen molar-refractivity contribution in [3.63, 3.8) is 0 Å². The Hall–Kier alpha value is -1.18. The molecule has 0 bridgehead atoms. The highest BCUT2D eigenvalue weighted by Gasteiger charge is 2.31. The third kappa shape index (κ3) is 4.86. The molecule has 2 aromatic rings. The minimum Gasteiger partial charge on any atom is -0.444 e. The summed E-state index contributed by atoms with van der Waals surface area (Å²) in [6.45, 7) is 5.55. The predicted octanol–water partition coefficient (Wildman–Crippen LogP) is 6.67. The fraction of sp³-hybridized carbons (Fsp3) is 0.381. The van der Waals surface area contributed by atoms with Crippen molar-refractivity contribution < 1.29 is 9.53 Å². The van der Waals surface area contributed by atoms with Gasteiger partial charge >= 0.3 is 6.09 Å². The molecule has 0 spiro atoms. The van der Waals surface area contributed by atoms with Crippen LogP contribution in [0, 0.1) is 3.57 Å². The van der Waals surface area contributed by atoms with E-state index in [2.05, 4.69) is 34.0 Å². The van der Waals surface area contributed by atoms with Crippen LogP contribution in [0.15, 0.2) is 30.3 Å². The smallest absolute Gasteiger partial charge is 0.408 e. The lowest BCUT2D eigenvalue weighted by Crippen LogP contribution is -2.36. The molecule has 0 aromatic heterocycles. The van der Waals surface area contributed by atoms with Crippen molar-refractivity contribution in [1.29, 1.82) is 0 Å². The molecule has 0 saturated heterocycles. The van der Waals surface area contributed by atoms with Gasteiger partial charge in [-0.3, -0.25) is 0 Å². The van der Waals surface area contributed by atoms with Crippen LogP contribution in [-0.2, 0) is 4.74 Å². The zero-order chi connectivity index (χ0) is 20.6. The van der Waals surface area contributed by atoms with Gasteiger partial charge in [-0.15, -0.1) is 0 Å². The summed E-state index contributed by atoms with van der Waals surface area (Å²) in [4.78, 5) is 12.3. The number of nitrogens with one attached hydrogen (secondary N) is 1. The number of halogens is 3. The lowest BCUT2D eigenvalue weighted by Gasteiger charge is -2.33. The van der Waals surface area contributed by atoms with Crippen LogP contribution in [-0.4, -0.2) is 11.7 Å². The number of amides is 1. The molecule has 0 heterocycles. The molecule has 0 saturated carbocycles. The lowest BCUT2D eigenvalue weighted by atomic mass is 9.76. The average molecular weight is 533 g/mol. The van der Waals surface area contributed by atoms with Gasteiger partial charge in [-0.05, 0) is 97.2 Å². The number of fused-ring (bicyclic) bond motifs is 1. The molecule has 1 aliphatic carbocycles. The molecule has 4 nitrogen and oxygen atoms in total. The maximum absolute atomic E-state index is 12.3. The highest BCUT2D eigenvalue weighted by molar-refractivity contribution is 14.1. The first-order valence-electron chi connectivity index (χ1n) is 9.08. The van der Waals surface area contributed by atoms with Gasteiger partial charge in [0, 0.05) is 15.2 Å². The molecule has 2 aromatic carbocycles. The van der Waals surface area contributed by atoms with Gasteiger partial charge < -0.3 is 15.8 Å². The second kappa shape index (κ2) is 8.28. The van der Waals surface area contributed by atoms with Crippen molar-refractivity contribution in [1.82, 2.24) is 5.32 Å². The Kier molecular flexibility index (Phi) is 6.37. The minimum atomic E-state index is -0.546. The number of nitrogens with two attached hydrogens (primary N) is 1. The Morgan fingerprint density at radius 3 is 2.50 bits per heavy atom. The molecule has 0 radical (unpaired) electrons. The molecule has 7 heteroatoms. The summed E-state index contributed by atoms with van der Waals surface area (Å²) in [6.07, 6.45) is 1.22. The van der Waals surface area contributed by atoms with Gasteiger partial charge in [0.2, 0.25) is 0 Å². The van der Waals surface area contributed by atoms with Crippen molar-refractivity contribution in [2.75, 3.05) is 5.73 Å². The number of carbonyl (C=O) groups excluding carboxylic acids is 1.